The molecule has 2 aliphatic carbocycles. The zero-order chi connectivity index (χ0) is 13.4. The Hall–Kier alpha value is -1.09. The molecular formula is C15H22O3. The summed E-state index contributed by atoms with van der Waals surface area (Å²) in [6.45, 7) is 8.42. The lowest BCUT2D eigenvalue weighted by Crippen LogP contribution is -2.41. The molecule has 18 heavy (non-hydrogen) atoms. The first-order valence-corrected chi connectivity index (χ1v) is 6.71. The minimum atomic E-state index is -0.897. The SMILES string of the molecule is C=C1CCC(C(C)C)C2C=C(C(=O)O)CC(O)C12. The van der Waals surface area contributed by atoms with Crippen LogP contribution in [-0.4, -0.2) is 22.3 Å². The number of rotatable bonds is 2. The second-order valence-corrected chi connectivity index (χ2v) is 5.98. The third-order valence-electron chi connectivity index (χ3n) is 4.55. The van der Waals surface area contributed by atoms with Crippen LogP contribution in [0, 0.1) is 23.7 Å². The van der Waals surface area contributed by atoms with Crippen LogP contribution in [0.1, 0.15) is 33.1 Å². The molecular weight excluding hydrogens is 228 g/mol. The number of fused-ring (bicyclic) bond motifs is 1. The molecule has 1 fully saturated rings. The molecule has 0 amide bonds. The van der Waals surface area contributed by atoms with Crippen LogP contribution in [0.2, 0.25) is 0 Å². The summed E-state index contributed by atoms with van der Waals surface area (Å²) in [6.07, 6.45) is 3.56. The van der Waals surface area contributed by atoms with Gasteiger partial charge in [-0.2, -0.15) is 0 Å². The summed E-state index contributed by atoms with van der Waals surface area (Å²) in [5.41, 5.74) is 1.45. The Labute approximate surface area is 108 Å². The summed E-state index contributed by atoms with van der Waals surface area (Å²) >= 11 is 0. The number of aliphatic carboxylic acids is 1. The topological polar surface area (TPSA) is 57.5 Å². The minimum absolute atomic E-state index is 0.0502. The molecule has 0 aromatic carbocycles. The zero-order valence-electron chi connectivity index (χ0n) is 11.1. The third kappa shape index (κ3) is 2.24. The summed E-state index contributed by atoms with van der Waals surface area (Å²) in [5.74, 6) is 0.244. The third-order valence-corrected chi connectivity index (χ3v) is 4.55. The van der Waals surface area contributed by atoms with Gasteiger partial charge in [-0.3, -0.25) is 0 Å². The molecule has 3 nitrogen and oxygen atoms in total. The van der Waals surface area contributed by atoms with Crippen molar-refractivity contribution < 1.29 is 15.0 Å². The van der Waals surface area contributed by atoms with Gasteiger partial charge < -0.3 is 10.2 Å². The number of hydrogen-bond acceptors (Lipinski definition) is 2. The lowest BCUT2D eigenvalue weighted by molar-refractivity contribution is -0.133. The molecule has 0 saturated heterocycles. The molecule has 4 unspecified atom stereocenters. The lowest BCUT2D eigenvalue weighted by atomic mass is 9.61. The fourth-order valence-electron chi connectivity index (χ4n) is 3.59. The fourth-order valence-corrected chi connectivity index (χ4v) is 3.59. The molecule has 0 radical (unpaired) electrons. The lowest BCUT2D eigenvalue weighted by Gasteiger charge is -2.45. The molecule has 4 atom stereocenters. The highest BCUT2D eigenvalue weighted by Gasteiger charge is 2.42. The molecule has 0 heterocycles. The van der Waals surface area contributed by atoms with E-state index in [4.69, 9.17) is 5.11 Å². The minimum Gasteiger partial charge on any atom is -0.478 e. The Balaban J connectivity index is 2.36. The number of carboxylic acids is 1. The van der Waals surface area contributed by atoms with Crippen molar-refractivity contribution >= 4 is 5.97 Å². The smallest absolute Gasteiger partial charge is 0.331 e. The first kappa shape index (κ1) is 13.3. The number of aliphatic hydroxyl groups excluding tert-OH is 1. The van der Waals surface area contributed by atoms with Gasteiger partial charge in [0.15, 0.2) is 0 Å². The summed E-state index contributed by atoms with van der Waals surface area (Å²) in [5, 5.41) is 19.4. The molecule has 2 aliphatic rings. The predicted molar refractivity (Wildman–Crippen MR) is 70.0 cm³/mol. The monoisotopic (exact) mass is 250 g/mol. The van der Waals surface area contributed by atoms with Crippen LogP contribution in [0.25, 0.3) is 0 Å². The van der Waals surface area contributed by atoms with Crippen molar-refractivity contribution in [3.8, 4) is 0 Å². The molecule has 100 valence electrons. The molecule has 2 N–H and O–H groups in total. The van der Waals surface area contributed by atoms with Gasteiger partial charge in [-0.15, -0.1) is 0 Å². The van der Waals surface area contributed by atoms with E-state index in [-0.39, 0.29) is 18.3 Å². The van der Waals surface area contributed by atoms with Crippen molar-refractivity contribution in [2.75, 3.05) is 0 Å². The van der Waals surface area contributed by atoms with Gasteiger partial charge in [0, 0.05) is 17.9 Å². The number of carboxylic acid groups (broad SMARTS) is 1. The van der Waals surface area contributed by atoms with E-state index >= 15 is 0 Å². The van der Waals surface area contributed by atoms with Gasteiger partial charge in [0.05, 0.1) is 6.10 Å². The molecule has 0 aromatic heterocycles. The molecule has 0 bridgehead atoms. The van der Waals surface area contributed by atoms with E-state index in [0.29, 0.717) is 17.4 Å². The van der Waals surface area contributed by atoms with Gasteiger partial charge >= 0.3 is 5.97 Å². The highest BCUT2D eigenvalue weighted by molar-refractivity contribution is 5.87. The van der Waals surface area contributed by atoms with Gasteiger partial charge in [-0.05, 0) is 30.6 Å². The van der Waals surface area contributed by atoms with E-state index in [0.717, 1.165) is 18.4 Å². The van der Waals surface area contributed by atoms with Crippen LogP contribution in [0.3, 0.4) is 0 Å². The largest absolute Gasteiger partial charge is 0.478 e. The van der Waals surface area contributed by atoms with Crippen LogP contribution >= 0.6 is 0 Å². The van der Waals surface area contributed by atoms with Crippen LogP contribution in [-0.2, 0) is 4.79 Å². The Morgan fingerprint density at radius 1 is 1.50 bits per heavy atom. The Morgan fingerprint density at radius 3 is 2.72 bits per heavy atom. The van der Waals surface area contributed by atoms with Crippen molar-refractivity contribution in [1.82, 2.24) is 0 Å². The summed E-state index contributed by atoms with van der Waals surface area (Å²) < 4.78 is 0. The first-order valence-electron chi connectivity index (χ1n) is 6.71. The van der Waals surface area contributed by atoms with Crippen molar-refractivity contribution in [2.45, 2.75) is 39.2 Å². The molecule has 0 spiro atoms. The van der Waals surface area contributed by atoms with E-state index in [1.54, 1.807) is 0 Å². The normalized spacial score (nSPS) is 36.2. The van der Waals surface area contributed by atoms with Crippen molar-refractivity contribution in [3.05, 3.63) is 23.8 Å². The van der Waals surface area contributed by atoms with Crippen LogP contribution in [0.4, 0.5) is 0 Å². The van der Waals surface area contributed by atoms with Gasteiger partial charge in [0.2, 0.25) is 0 Å². The first-order chi connectivity index (χ1) is 8.41. The molecule has 0 aliphatic heterocycles. The standard InChI is InChI=1S/C15H22O3/c1-8(2)11-5-4-9(3)14-12(11)6-10(15(17)18)7-13(14)16/h6,8,11-14,16H,3-5,7H2,1-2H3,(H,17,18). The number of aliphatic hydroxyl groups is 1. The number of carbonyl (C=O) groups is 1. The van der Waals surface area contributed by atoms with Gasteiger partial charge in [-0.1, -0.05) is 32.1 Å². The van der Waals surface area contributed by atoms with Gasteiger partial charge in [-0.25, -0.2) is 4.79 Å². The summed E-state index contributed by atoms with van der Waals surface area (Å²) in [6, 6.07) is 0. The average molecular weight is 250 g/mol. The summed E-state index contributed by atoms with van der Waals surface area (Å²) in [7, 11) is 0. The van der Waals surface area contributed by atoms with E-state index in [1.165, 1.54) is 0 Å². The Bertz CT molecular complexity index is 395. The van der Waals surface area contributed by atoms with E-state index in [2.05, 4.69) is 20.4 Å². The average Bonchev–Trinajstić information content (AvgIpc) is 2.27. The van der Waals surface area contributed by atoms with Crippen molar-refractivity contribution in [3.63, 3.8) is 0 Å². The maximum Gasteiger partial charge on any atom is 0.331 e. The van der Waals surface area contributed by atoms with E-state index < -0.39 is 12.1 Å². The van der Waals surface area contributed by atoms with Crippen LogP contribution < -0.4 is 0 Å². The molecule has 3 heteroatoms. The predicted octanol–water partition coefficient (Wildman–Crippen LogP) is 2.62. The maximum atomic E-state index is 11.1. The zero-order valence-corrected chi connectivity index (χ0v) is 11.1. The highest BCUT2D eigenvalue weighted by atomic mass is 16.4. The number of hydrogen-bond donors (Lipinski definition) is 2. The van der Waals surface area contributed by atoms with Crippen LogP contribution in [0.5, 0.6) is 0 Å². The summed E-state index contributed by atoms with van der Waals surface area (Å²) in [4.78, 5) is 11.1. The van der Waals surface area contributed by atoms with Crippen LogP contribution in [0.15, 0.2) is 23.8 Å². The number of allylic oxidation sites excluding steroid dienone is 1. The molecule has 2 rings (SSSR count). The van der Waals surface area contributed by atoms with E-state index in [1.807, 2.05) is 6.08 Å². The van der Waals surface area contributed by atoms with E-state index in [9.17, 15) is 9.90 Å². The van der Waals surface area contributed by atoms with Gasteiger partial charge in [0.1, 0.15) is 0 Å². The highest BCUT2D eigenvalue weighted by Crippen LogP contribution is 2.47. The Kier molecular flexibility index (Phi) is 3.62. The van der Waals surface area contributed by atoms with Gasteiger partial charge in [0.25, 0.3) is 0 Å². The van der Waals surface area contributed by atoms with Crippen molar-refractivity contribution in [1.29, 1.82) is 0 Å². The molecule has 0 aromatic rings. The maximum absolute atomic E-state index is 11.1. The second-order valence-electron chi connectivity index (χ2n) is 5.98. The fraction of sp³-hybridized carbons (Fsp3) is 0.667. The second kappa shape index (κ2) is 4.88. The van der Waals surface area contributed by atoms with Crippen molar-refractivity contribution in [2.24, 2.45) is 23.7 Å². The molecule has 1 saturated carbocycles. The quantitative estimate of drug-likeness (QED) is 0.741. The Morgan fingerprint density at radius 2 is 2.17 bits per heavy atom.